The molecule has 32 heavy (non-hydrogen) atoms. The highest BCUT2D eigenvalue weighted by atomic mass is 35.5. The zero-order chi connectivity index (χ0) is 22.8. The summed E-state index contributed by atoms with van der Waals surface area (Å²) in [5.41, 5.74) is 6.22. The second-order valence-electron chi connectivity index (χ2n) is 7.03. The molecule has 0 heterocycles. The van der Waals surface area contributed by atoms with Gasteiger partial charge in [0.15, 0.2) is 11.5 Å². The molecular formula is C25H26ClN3O3. The van der Waals surface area contributed by atoms with Crippen LogP contribution in [0.5, 0.6) is 11.5 Å². The Bertz CT molecular complexity index is 1070. The summed E-state index contributed by atoms with van der Waals surface area (Å²) < 4.78 is 11.6. The number of benzene rings is 3. The number of hydrogen-bond donors (Lipinski definition) is 2. The average Bonchev–Trinajstić information content (AvgIpc) is 2.79. The lowest BCUT2D eigenvalue weighted by molar-refractivity contribution is -0.119. The Morgan fingerprint density at radius 3 is 2.56 bits per heavy atom. The number of amides is 1. The smallest absolute Gasteiger partial charge is 0.259 e. The normalized spacial score (nSPS) is 10.7. The molecule has 0 saturated heterocycles. The van der Waals surface area contributed by atoms with E-state index >= 15 is 0 Å². The van der Waals surface area contributed by atoms with Crippen LogP contribution in [-0.4, -0.2) is 25.3 Å². The molecule has 166 valence electrons. The average molecular weight is 452 g/mol. The minimum Gasteiger partial charge on any atom is -0.490 e. The first kappa shape index (κ1) is 23.2. The number of hydrazone groups is 1. The molecule has 0 aromatic heterocycles. The van der Waals surface area contributed by atoms with Crippen LogP contribution < -0.4 is 20.2 Å². The Morgan fingerprint density at radius 2 is 1.81 bits per heavy atom. The molecule has 6 nitrogen and oxygen atoms in total. The first-order chi connectivity index (χ1) is 15.5. The van der Waals surface area contributed by atoms with E-state index in [1.807, 2.05) is 80.6 Å². The van der Waals surface area contributed by atoms with Crippen LogP contribution in [0.3, 0.4) is 0 Å². The van der Waals surface area contributed by atoms with Gasteiger partial charge < -0.3 is 14.8 Å². The maximum absolute atomic E-state index is 12.0. The van der Waals surface area contributed by atoms with Crippen molar-refractivity contribution in [2.45, 2.75) is 20.5 Å². The summed E-state index contributed by atoms with van der Waals surface area (Å²) in [7, 11) is 0. The van der Waals surface area contributed by atoms with Crippen molar-refractivity contribution in [3.63, 3.8) is 0 Å². The standard InChI is InChI=1S/C25H26ClN3O3/c1-3-31-24-14-19(10-13-23(24)32-17-20-6-4-5-7-22(20)26)15-28-29-25(30)16-27-21-11-8-18(2)9-12-21/h4-15,27H,3,16-17H2,1-2H3,(H,29,30)/b28-15-. The second-order valence-corrected chi connectivity index (χ2v) is 7.44. The van der Waals surface area contributed by atoms with Crippen LogP contribution in [0.25, 0.3) is 0 Å². The molecule has 0 fully saturated rings. The molecule has 0 radical (unpaired) electrons. The van der Waals surface area contributed by atoms with E-state index in [2.05, 4.69) is 15.8 Å². The number of nitrogens with zero attached hydrogens (tertiary/aromatic N) is 1. The van der Waals surface area contributed by atoms with Crippen LogP contribution in [-0.2, 0) is 11.4 Å². The lowest BCUT2D eigenvalue weighted by atomic mass is 10.2. The van der Waals surface area contributed by atoms with Gasteiger partial charge in [0.25, 0.3) is 5.91 Å². The quantitative estimate of drug-likeness (QED) is 0.329. The van der Waals surface area contributed by atoms with E-state index in [1.165, 1.54) is 0 Å². The van der Waals surface area contributed by atoms with E-state index in [1.54, 1.807) is 6.21 Å². The van der Waals surface area contributed by atoms with E-state index in [4.69, 9.17) is 21.1 Å². The number of nitrogens with one attached hydrogen (secondary N) is 2. The number of hydrogen-bond acceptors (Lipinski definition) is 5. The van der Waals surface area contributed by atoms with E-state index < -0.39 is 0 Å². The molecule has 3 aromatic carbocycles. The van der Waals surface area contributed by atoms with Crippen molar-refractivity contribution in [2.24, 2.45) is 5.10 Å². The highest BCUT2D eigenvalue weighted by Crippen LogP contribution is 2.29. The highest BCUT2D eigenvalue weighted by Gasteiger charge is 2.08. The zero-order valence-corrected chi connectivity index (χ0v) is 18.9. The molecule has 2 N–H and O–H groups in total. The highest BCUT2D eigenvalue weighted by molar-refractivity contribution is 6.31. The van der Waals surface area contributed by atoms with Crippen LogP contribution in [0, 0.1) is 6.92 Å². The summed E-state index contributed by atoms with van der Waals surface area (Å²) in [6, 6.07) is 20.8. The summed E-state index contributed by atoms with van der Waals surface area (Å²) in [5, 5.41) is 7.73. The SMILES string of the molecule is CCOc1cc(/C=N\NC(=O)CNc2ccc(C)cc2)ccc1OCc1ccccc1Cl. The van der Waals surface area contributed by atoms with Gasteiger partial charge in [-0.2, -0.15) is 5.10 Å². The van der Waals surface area contributed by atoms with E-state index in [-0.39, 0.29) is 12.5 Å². The van der Waals surface area contributed by atoms with Crippen LogP contribution in [0.15, 0.2) is 71.8 Å². The van der Waals surface area contributed by atoms with Gasteiger partial charge in [0, 0.05) is 16.3 Å². The fourth-order valence-corrected chi connectivity index (χ4v) is 3.03. The molecule has 0 bridgehead atoms. The van der Waals surface area contributed by atoms with Crippen molar-refractivity contribution in [2.75, 3.05) is 18.5 Å². The Hall–Kier alpha value is -3.51. The number of ether oxygens (including phenoxy) is 2. The lowest BCUT2D eigenvalue weighted by Gasteiger charge is -2.13. The zero-order valence-electron chi connectivity index (χ0n) is 18.1. The molecule has 0 atom stereocenters. The summed E-state index contributed by atoms with van der Waals surface area (Å²) >= 11 is 6.20. The molecular weight excluding hydrogens is 426 g/mol. The van der Waals surface area contributed by atoms with Gasteiger partial charge in [-0.15, -0.1) is 0 Å². The Morgan fingerprint density at radius 1 is 1.03 bits per heavy atom. The maximum Gasteiger partial charge on any atom is 0.259 e. The Labute approximate surface area is 193 Å². The minimum absolute atomic E-state index is 0.124. The molecule has 0 aliphatic heterocycles. The number of halogens is 1. The molecule has 1 amide bonds. The molecule has 7 heteroatoms. The van der Waals surface area contributed by atoms with Crippen molar-refractivity contribution in [1.82, 2.24) is 5.43 Å². The van der Waals surface area contributed by atoms with Crippen molar-refractivity contribution in [3.8, 4) is 11.5 Å². The molecule has 0 saturated carbocycles. The van der Waals surface area contributed by atoms with Gasteiger partial charge in [-0.3, -0.25) is 4.79 Å². The topological polar surface area (TPSA) is 72.0 Å². The fourth-order valence-electron chi connectivity index (χ4n) is 2.84. The molecule has 0 unspecified atom stereocenters. The van der Waals surface area contributed by atoms with Crippen LogP contribution in [0.1, 0.15) is 23.6 Å². The monoisotopic (exact) mass is 451 g/mol. The van der Waals surface area contributed by atoms with Crippen LogP contribution in [0.2, 0.25) is 5.02 Å². The Balaban J connectivity index is 1.55. The predicted molar refractivity (Wildman–Crippen MR) is 129 cm³/mol. The van der Waals surface area contributed by atoms with Gasteiger partial charge in [0.1, 0.15) is 6.61 Å². The number of aryl methyl sites for hydroxylation is 1. The third-order valence-electron chi connectivity index (χ3n) is 4.52. The molecule has 3 rings (SSSR count). The van der Waals surface area contributed by atoms with Gasteiger partial charge in [-0.05, 0) is 55.8 Å². The van der Waals surface area contributed by atoms with Gasteiger partial charge >= 0.3 is 0 Å². The largest absolute Gasteiger partial charge is 0.490 e. The summed E-state index contributed by atoms with van der Waals surface area (Å²) in [5.74, 6) is 0.956. The third-order valence-corrected chi connectivity index (χ3v) is 4.88. The number of rotatable bonds is 10. The maximum atomic E-state index is 12.0. The van der Waals surface area contributed by atoms with Crippen molar-refractivity contribution in [1.29, 1.82) is 0 Å². The molecule has 0 aliphatic carbocycles. The van der Waals surface area contributed by atoms with Gasteiger partial charge in [0.05, 0.1) is 19.4 Å². The van der Waals surface area contributed by atoms with Crippen molar-refractivity contribution in [3.05, 3.63) is 88.4 Å². The van der Waals surface area contributed by atoms with Crippen molar-refractivity contribution < 1.29 is 14.3 Å². The van der Waals surface area contributed by atoms with E-state index in [0.717, 1.165) is 22.4 Å². The first-order valence-corrected chi connectivity index (χ1v) is 10.7. The number of carbonyl (C=O) groups excluding carboxylic acids is 1. The minimum atomic E-state index is -0.244. The van der Waals surface area contributed by atoms with Crippen molar-refractivity contribution >= 4 is 29.4 Å². The third kappa shape index (κ3) is 7.03. The number of anilines is 1. The predicted octanol–water partition coefficient (Wildman–Crippen LogP) is 5.19. The summed E-state index contributed by atoms with van der Waals surface area (Å²) in [6.45, 7) is 4.86. The van der Waals surface area contributed by atoms with Gasteiger partial charge in [-0.1, -0.05) is 47.5 Å². The summed E-state index contributed by atoms with van der Waals surface area (Å²) in [6.07, 6.45) is 1.56. The molecule has 3 aromatic rings. The van der Waals surface area contributed by atoms with E-state index in [0.29, 0.717) is 29.7 Å². The first-order valence-electron chi connectivity index (χ1n) is 10.3. The molecule has 0 spiro atoms. The van der Waals surface area contributed by atoms with Crippen LogP contribution in [0.4, 0.5) is 5.69 Å². The van der Waals surface area contributed by atoms with Crippen LogP contribution >= 0.6 is 11.6 Å². The van der Waals surface area contributed by atoms with Gasteiger partial charge in [-0.25, -0.2) is 5.43 Å². The van der Waals surface area contributed by atoms with Gasteiger partial charge in [0.2, 0.25) is 0 Å². The van der Waals surface area contributed by atoms with E-state index in [9.17, 15) is 4.79 Å². The lowest BCUT2D eigenvalue weighted by Crippen LogP contribution is -2.25. The Kier molecular flexibility index (Phi) is 8.52. The second kappa shape index (κ2) is 11.8. The molecule has 0 aliphatic rings. The summed E-state index contributed by atoms with van der Waals surface area (Å²) in [4.78, 5) is 12.0. The fraction of sp³-hybridized carbons (Fsp3) is 0.200. The number of carbonyl (C=O) groups is 1.